The van der Waals surface area contributed by atoms with Gasteiger partial charge in [0.1, 0.15) is 0 Å². The maximum Gasteiger partial charge on any atom is 1.00 e. The van der Waals surface area contributed by atoms with Crippen LogP contribution in [-0.2, 0) is 17.1 Å². The van der Waals surface area contributed by atoms with E-state index in [0.717, 1.165) is 17.1 Å². The Kier molecular flexibility index (Phi) is 14.7. The van der Waals surface area contributed by atoms with Gasteiger partial charge in [0.05, 0.1) is 40.2 Å². The number of halogens is 1. The molecule has 0 heterocycles. The number of hydrogen-bond acceptors (Lipinski definition) is 9. The molecule has 0 radical (unpaired) electrons. The second kappa shape index (κ2) is 16.0. The molecule has 204 valence electrons. The van der Waals surface area contributed by atoms with Crippen LogP contribution in [-0.4, -0.2) is 42.3 Å². The summed E-state index contributed by atoms with van der Waals surface area (Å²) in [6, 6.07) is 27.4. The van der Waals surface area contributed by atoms with Crippen molar-refractivity contribution in [3.8, 4) is 6.07 Å². The van der Waals surface area contributed by atoms with Crippen LogP contribution in [0.3, 0.4) is 0 Å². The first-order valence-corrected chi connectivity index (χ1v) is 12.1. The minimum Gasteiger partial charge on any atom is -0.376 e. The summed E-state index contributed by atoms with van der Waals surface area (Å²) in [6.45, 7) is 1.43. The first kappa shape index (κ1) is 34.0. The summed E-state index contributed by atoms with van der Waals surface area (Å²) in [4.78, 5) is 8.86. The summed E-state index contributed by atoms with van der Waals surface area (Å²) >= 11 is 0. The van der Waals surface area contributed by atoms with Gasteiger partial charge >= 0.3 is 17.1 Å². The van der Waals surface area contributed by atoms with Crippen molar-refractivity contribution < 1.29 is 45.9 Å². The molecule has 3 aromatic carbocycles. The molecule has 0 aromatic heterocycles. The molecule has 11 heteroatoms. The molecule has 0 saturated carbocycles. The molecule has 37 heavy (non-hydrogen) atoms. The first-order valence-electron chi connectivity index (χ1n) is 10.8. The van der Waals surface area contributed by atoms with E-state index in [0.29, 0.717) is 0 Å². The van der Waals surface area contributed by atoms with E-state index in [2.05, 4.69) is 135 Å². The molecule has 0 atom stereocenters. The maximum atomic E-state index is 8.49. The van der Waals surface area contributed by atoms with Crippen LogP contribution in [0, 0.1) is 21.6 Å². The van der Waals surface area contributed by atoms with Crippen molar-refractivity contribution in [3.63, 3.8) is 0 Å². The Morgan fingerprint density at radius 2 is 0.703 bits per heavy atom. The second-order valence-electron chi connectivity index (χ2n) is 8.09. The number of rotatable bonds is 6. The Morgan fingerprint density at radius 3 is 0.865 bits per heavy atom. The molecule has 9 nitrogen and oxygen atoms in total. The van der Waals surface area contributed by atoms with Crippen LogP contribution in [0.25, 0.3) is 0 Å². The van der Waals surface area contributed by atoms with Crippen molar-refractivity contribution in [1.82, 2.24) is 0 Å². The summed E-state index contributed by atoms with van der Waals surface area (Å²) < 4.78 is 34.0. The molecule has 0 aliphatic carbocycles. The minimum absolute atomic E-state index is 0. The van der Waals surface area contributed by atoms with E-state index in [9.17, 15) is 0 Å². The van der Waals surface area contributed by atoms with Crippen molar-refractivity contribution in [2.45, 2.75) is 6.92 Å². The Hall–Kier alpha value is -3.00. The van der Waals surface area contributed by atoms with Crippen LogP contribution in [0.1, 0.15) is 6.92 Å². The van der Waals surface area contributed by atoms with Crippen molar-refractivity contribution in [2.75, 3.05) is 61.9 Å². The van der Waals surface area contributed by atoms with Crippen LogP contribution in [0.15, 0.2) is 72.8 Å². The zero-order valence-corrected chi connectivity index (χ0v) is 23.7. The third-order valence-electron chi connectivity index (χ3n) is 4.81. The van der Waals surface area contributed by atoms with Gasteiger partial charge in [-0.05, 0) is 36.4 Å². The summed E-state index contributed by atoms with van der Waals surface area (Å²) in [5, 5.41) is 7.32. The van der Waals surface area contributed by atoms with Crippen LogP contribution >= 0.6 is 0 Å². The van der Waals surface area contributed by atoms with E-state index in [1.165, 1.54) is 24.0 Å². The standard InChI is InChI=1S/C24H30N4.C2H3N.ClHO4.Cu/c1-25(2)19-13-7-10-16-22(19)28(23-17-11-8-14-20(23)26(3)4)24-18-12-9-15-21(24)27(5)6;1-2-3;2-1(3,4)5;/h7-18H,1-6H3;1H3;(H,2,3,4,5);/q;;;+1/p-1. The van der Waals surface area contributed by atoms with E-state index >= 15 is 0 Å². The molecule has 0 unspecified atom stereocenters. The predicted molar refractivity (Wildman–Crippen MR) is 135 cm³/mol. The van der Waals surface area contributed by atoms with Crippen molar-refractivity contribution >= 4 is 34.1 Å². The molecule has 0 aliphatic heterocycles. The SMILES string of the molecule is CC#N.CN(C)c1ccccc1N(c1ccccc1N(C)C)c1ccccc1N(C)C.[Cu+].[O-][Cl+3]([O-])([O-])[O-]. The van der Waals surface area contributed by atoms with Crippen LogP contribution < -0.4 is 38.2 Å². The Labute approximate surface area is 232 Å². The third-order valence-corrected chi connectivity index (χ3v) is 4.81. The fraction of sp³-hybridized carbons (Fsp3) is 0.269. The zero-order chi connectivity index (χ0) is 27.5. The molecule has 3 rings (SSSR count). The summed E-state index contributed by atoms with van der Waals surface area (Å²) in [5.41, 5.74) is 6.96. The molecule has 0 amide bonds. The quantitative estimate of drug-likeness (QED) is 0.395. The van der Waals surface area contributed by atoms with Gasteiger partial charge in [-0.2, -0.15) is 5.26 Å². The van der Waals surface area contributed by atoms with E-state index in [-0.39, 0.29) is 17.1 Å². The first-order chi connectivity index (χ1) is 16.8. The molecular formula is C26H33ClCuN5O4. The number of para-hydroxylation sites is 6. The smallest absolute Gasteiger partial charge is 0.376 e. The molecule has 0 N–H and O–H groups in total. The van der Waals surface area contributed by atoms with Gasteiger partial charge in [-0.25, -0.2) is 18.6 Å². The van der Waals surface area contributed by atoms with Crippen LogP contribution in [0.5, 0.6) is 0 Å². The van der Waals surface area contributed by atoms with Gasteiger partial charge in [-0.1, -0.05) is 36.4 Å². The average Bonchev–Trinajstić information content (AvgIpc) is 2.79. The molecule has 0 aliphatic rings. The Bertz CT molecular complexity index is 1010. The Balaban J connectivity index is 0.00000127. The fourth-order valence-electron chi connectivity index (χ4n) is 3.48. The monoisotopic (exact) mass is 577 g/mol. The molecule has 0 spiro atoms. The van der Waals surface area contributed by atoms with Gasteiger partial charge in [0.15, 0.2) is 0 Å². The van der Waals surface area contributed by atoms with Gasteiger partial charge < -0.3 is 19.6 Å². The second-order valence-corrected chi connectivity index (χ2v) is 8.84. The number of benzene rings is 3. The molecular weight excluding hydrogens is 545 g/mol. The van der Waals surface area contributed by atoms with Gasteiger partial charge in [0.2, 0.25) is 0 Å². The number of hydrogen-bond donors (Lipinski definition) is 0. The van der Waals surface area contributed by atoms with Gasteiger partial charge in [0.25, 0.3) is 0 Å². The maximum absolute atomic E-state index is 8.49. The zero-order valence-electron chi connectivity index (χ0n) is 22.0. The number of nitriles is 1. The van der Waals surface area contributed by atoms with E-state index < -0.39 is 10.2 Å². The fourth-order valence-corrected chi connectivity index (χ4v) is 3.48. The van der Waals surface area contributed by atoms with E-state index in [4.69, 9.17) is 23.9 Å². The van der Waals surface area contributed by atoms with Crippen molar-refractivity contribution in [2.24, 2.45) is 0 Å². The minimum atomic E-state index is -4.94. The summed E-state index contributed by atoms with van der Waals surface area (Å²) in [6.07, 6.45) is 0. The van der Waals surface area contributed by atoms with Gasteiger partial charge in [0, 0.05) is 49.2 Å². The van der Waals surface area contributed by atoms with Crippen LogP contribution in [0.2, 0.25) is 0 Å². The van der Waals surface area contributed by atoms with Gasteiger partial charge in [-0.3, -0.25) is 0 Å². The Morgan fingerprint density at radius 1 is 0.541 bits per heavy atom. The number of nitrogens with zero attached hydrogens (tertiary/aromatic N) is 5. The molecule has 0 fully saturated rings. The third kappa shape index (κ3) is 10.9. The average molecular weight is 579 g/mol. The normalized spacial score (nSPS) is 9.78. The number of anilines is 6. The summed E-state index contributed by atoms with van der Waals surface area (Å²) in [5.74, 6) is 0. The largest absolute Gasteiger partial charge is 1.00 e. The van der Waals surface area contributed by atoms with Crippen molar-refractivity contribution in [3.05, 3.63) is 72.8 Å². The molecule has 0 saturated heterocycles. The molecule has 0 bridgehead atoms. The topological polar surface area (TPSA) is 129 Å². The van der Waals surface area contributed by atoms with E-state index in [1.807, 2.05) is 0 Å². The predicted octanol–water partition coefficient (Wildman–Crippen LogP) is 1.13. The van der Waals surface area contributed by atoms with Crippen LogP contribution in [0.4, 0.5) is 34.1 Å². The van der Waals surface area contributed by atoms with Crippen molar-refractivity contribution in [1.29, 1.82) is 5.26 Å². The summed E-state index contributed by atoms with van der Waals surface area (Å²) in [7, 11) is 7.60. The molecule has 3 aromatic rings. The van der Waals surface area contributed by atoms with Gasteiger partial charge in [-0.15, -0.1) is 10.2 Å². The van der Waals surface area contributed by atoms with E-state index in [1.54, 1.807) is 6.07 Å².